The molecule has 0 spiro atoms. The zero-order valence-electron chi connectivity index (χ0n) is 8.70. The fraction of sp³-hybridized carbons (Fsp3) is 0. The van der Waals surface area contributed by atoms with Crippen LogP contribution in [0.5, 0.6) is 5.75 Å². The van der Waals surface area contributed by atoms with E-state index >= 15 is 0 Å². The topological polar surface area (TPSA) is 59.2 Å². The Labute approximate surface area is 101 Å². The van der Waals surface area contributed by atoms with E-state index in [0.717, 1.165) is 11.1 Å². The summed E-state index contributed by atoms with van der Waals surface area (Å²) in [6.45, 7) is 0. The van der Waals surface area contributed by atoms with E-state index in [-0.39, 0.29) is 5.75 Å². The van der Waals surface area contributed by atoms with Crippen LogP contribution in [0.1, 0.15) is 0 Å². The lowest BCUT2D eigenvalue weighted by Gasteiger charge is -1.94. The standard InChI is InChI=1S/C12H8N2O2S/c15-10-3-1-2-8(6-10)11-13-12(16-14-11)9-4-5-17-7-9/h1-7,15H. The molecule has 0 radical (unpaired) electrons. The molecule has 0 aliphatic heterocycles. The van der Waals surface area contributed by atoms with Crippen LogP contribution in [-0.4, -0.2) is 15.2 Å². The summed E-state index contributed by atoms with van der Waals surface area (Å²) in [5.74, 6) is 1.15. The van der Waals surface area contributed by atoms with E-state index in [9.17, 15) is 5.11 Å². The maximum atomic E-state index is 9.38. The predicted octanol–water partition coefficient (Wildman–Crippen LogP) is 3.17. The van der Waals surface area contributed by atoms with Crippen LogP contribution in [0.15, 0.2) is 45.6 Å². The van der Waals surface area contributed by atoms with Crippen LogP contribution in [0, 0.1) is 0 Å². The number of phenols is 1. The third-order valence-electron chi connectivity index (χ3n) is 2.30. The average Bonchev–Trinajstić information content (AvgIpc) is 3.00. The van der Waals surface area contributed by atoms with Crippen LogP contribution in [-0.2, 0) is 0 Å². The van der Waals surface area contributed by atoms with Gasteiger partial charge in [-0.2, -0.15) is 16.3 Å². The van der Waals surface area contributed by atoms with Crippen LogP contribution in [0.4, 0.5) is 0 Å². The molecule has 84 valence electrons. The minimum atomic E-state index is 0.185. The van der Waals surface area contributed by atoms with Crippen molar-refractivity contribution in [3.8, 4) is 28.6 Å². The average molecular weight is 244 g/mol. The lowest BCUT2D eigenvalue weighted by atomic mass is 10.2. The molecule has 0 bridgehead atoms. The number of thiophene rings is 1. The highest BCUT2D eigenvalue weighted by Crippen LogP contribution is 2.25. The monoisotopic (exact) mass is 244 g/mol. The number of benzene rings is 1. The molecule has 0 fully saturated rings. The molecule has 0 amide bonds. The summed E-state index contributed by atoms with van der Waals surface area (Å²) in [6, 6.07) is 8.68. The molecule has 3 rings (SSSR count). The zero-order valence-corrected chi connectivity index (χ0v) is 9.52. The van der Waals surface area contributed by atoms with Gasteiger partial charge in [0.15, 0.2) is 0 Å². The summed E-state index contributed by atoms with van der Waals surface area (Å²) < 4.78 is 5.17. The van der Waals surface area contributed by atoms with Crippen LogP contribution in [0.25, 0.3) is 22.8 Å². The van der Waals surface area contributed by atoms with Gasteiger partial charge in [-0.15, -0.1) is 0 Å². The molecule has 5 heteroatoms. The van der Waals surface area contributed by atoms with Crippen molar-refractivity contribution in [2.45, 2.75) is 0 Å². The van der Waals surface area contributed by atoms with Gasteiger partial charge in [0.1, 0.15) is 5.75 Å². The van der Waals surface area contributed by atoms with Gasteiger partial charge in [0.2, 0.25) is 5.82 Å². The van der Waals surface area contributed by atoms with Gasteiger partial charge in [0, 0.05) is 10.9 Å². The lowest BCUT2D eigenvalue weighted by molar-refractivity contribution is 0.432. The van der Waals surface area contributed by atoms with Gasteiger partial charge in [-0.25, -0.2) is 0 Å². The number of aromatic hydroxyl groups is 1. The van der Waals surface area contributed by atoms with Gasteiger partial charge in [0.25, 0.3) is 5.89 Å². The molecule has 1 aromatic carbocycles. The van der Waals surface area contributed by atoms with Crippen molar-refractivity contribution in [2.24, 2.45) is 0 Å². The molecule has 1 N–H and O–H groups in total. The molecule has 4 nitrogen and oxygen atoms in total. The molecule has 0 aliphatic rings. The van der Waals surface area contributed by atoms with Crippen molar-refractivity contribution in [2.75, 3.05) is 0 Å². The molecule has 3 aromatic rings. The van der Waals surface area contributed by atoms with Gasteiger partial charge in [-0.3, -0.25) is 0 Å². The molecule has 0 atom stereocenters. The Hall–Kier alpha value is -2.14. The van der Waals surface area contributed by atoms with E-state index in [1.165, 1.54) is 0 Å². The molecule has 0 saturated carbocycles. The number of hydrogen-bond donors (Lipinski definition) is 1. The summed E-state index contributed by atoms with van der Waals surface area (Å²) in [7, 11) is 0. The minimum absolute atomic E-state index is 0.185. The predicted molar refractivity (Wildman–Crippen MR) is 64.7 cm³/mol. The van der Waals surface area contributed by atoms with E-state index in [4.69, 9.17) is 4.52 Å². The van der Waals surface area contributed by atoms with Gasteiger partial charge in [-0.05, 0) is 23.6 Å². The van der Waals surface area contributed by atoms with Crippen LogP contribution < -0.4 is 0 Å². The van der Waals surface area contributed by atoms with E-state index in [1.54, 1.807) is 29.5 Å². The van der Waals surface area contributed by atoms with Crippen molar-refractivity contribution in [3.63, 3.8) is 0 Å². The highest BCUT2D eigenvalue weighted by atomic mass is 32.1. The molecule has 2 aromatic heterocycles. The second-order valence-corrected chi connectivity index (χ2v) is 4.27. The largest absolute Gasteiger partial charge is 0.508 e. The summed E-state index contributed by atoms with van der Waals surface area (Å²) in [4.78, 5) is 4.28. The Balaban J connectivity index is 2.01. The van der Waals surface area contributed by atoms with Crippen molar-refractivity contribution in [3.05, 3.63) is 41.1 Å². The van der Waals surface area contributed by atoms with Gasteiger partial charge < -0.3 is 9.63 Å². The second kappa shape index (κ2) is 4.03. The first-order chi connectivity index (χ1) is 8.33. The number of rotatable bonds is 2. The smallest absolute Gasteiger partial charge is 0.259 e. The molecular weight excluding hydrogens is 236 g/mol. The SMILES string of the molecule is Oc1cccc(-c2noc(-c3ccsc3)n2)c1. The fourth-order valence-electron chi connectivity index (χ4n) is 1.49. The Kier molecular flexibility index (Phi) is 2.38. The van der Waals surface area contributed by atoms with Crippen molar-refractivity contribution >= 4 is 11.3 Å². The van der Waals surface area contributed by atoms with Gasteiger partial charge in [-0.1, -0.05) is 17.3 Å². The first-order valence-corrected chi connectivity index (χ1v) is 5.93. The normalized spacial score (nSPS) is 10.6. The van der Waals surface area contributed by atoms with Crippen LogP contribution >= 0.6 is 11.3 Å². The van der Waals surface area contributed by atoms with E-state index < -0.39 is 0 Å². The third-order valence-corrected chi connectivity index (χ3v) is 2.98. The van der Waals surface area contributed by atoms with Crippen molar-refractivity contribution < 1.29 is 9.63 Å². The summed E-state index contributed by atoms with van der Waals surface area (Å²) in [5.41, 5.74) is 1.64. The van der Waals surface area contributed by atoms with Gasteiger partial charge >= 0.3 is 0 Å². The summed E-state index contributed by atoms with van der Waals surface area (Å²) in [6.07, 6.45) is 0. The van der Waals surface area contributed by atoms with Crippen LogP contribution in [0.3, 0.4) is 0 Å². The Bertz CT molecular complexity index is 632. The van der Waals surface area contributed by atoms with Gasteiger partial charge in [0.05, 0.1) is 5.56 Å². The Morgan fingerprint density at radius 3 is 2.88 bits per heavy atom. The number of aromatic nitrogens is 2. The Morgan fingerprint density at radius 2 is 2.12 bits per heavy atom. The van der Waals surface area contributed by atoms with E-state index in [2.05, 4.69) is 10.1 Å². The minimum Gasteiger partial charge on any atom is -0.508 e. The van der Waals surface area contributed by atoms with Crippen molar-refractivity contribution in [1.82, 2.24) is 10.1 Å². The Morgan fingerprint density at radius 1 is 1.18 bits per heavy atom. The second-order valence-electron chi connectivity index (χ2n) is 3.49. The third kappa shape index (κ3) is 1.92. The highest BCUT2D eigenvalue weighted by Gasteiger charge is 2.10. The summed E-state index contributed by atoms with van der Waals surface area (Å²) in [5, 5.41) is 17.2. The molecular formula is C12H8N2O2S. The first-order valence-electron chi connectivity index (χ1n) is 4.98. The van der Waals surface area contributed by atoms with Crippen LogP contribution in [0.2, 0.25) is 0 Å². The molecule has 0 unspecified atom stereocenters. The molecule has 0 aliphatic carbocycles. The molecule has 2 heterocycles. The van der Waals surface area contributed by atoms with E-state index in [1.807, 2.05) is 22.9 Å². The summed E-state index contributed by atoms with van der Waals surface area (Å²) >= 11 is 1.57. The van der Waals surface area contributed by atoms with Crippen molar-refractivity contribution in [1.29, 1.82) is 0 Å². The number of phenolic OH excluding ortho intramolecular Hbond substituents is 1. The highest BCUT2D eigenvalue weighted by molar-refractivity contribution is 7.08. The van der Waals surface area contributed by atoms with E-state index in [0.29, 0.717) is 11.7 Å². The zero-order chi connectivity index (χ0) is 11.7. The number of nitrogens with zero attached hydrogens (tertiary/aromatic N) is 2. The lowest BCUT2D eigenvalue weighted by Crippen LogP contribution is -1.80. The number of hydrogen-bond acceptors (Lipinski definition) is 5. The first kappa shape index (κ1) is 10.0. The molecule has 0 saturated heterocycles. The maximum Gasteiger partial charge on any atom is 0.259 e. The quantitative estimate of drug-likeness (QED) is 0.752. The maximum absolute atomic E-state index is 9.38. The molecule has 17 heavy (non-hydrogen) atoms. The fourth-order valence-corrected chi connectivity index (χ4v) is 2.12.